The highest BCUT2D eigenvalue weighted by molar-refractivity contribution is 5.90. The maximum Gasteiger partial charge on any atom is 0.224 e. The van der Waals surface area contributed by atoms with Crippen LogP contribution in [0.5, 0.6) is 5.75 Å². The van der Waals surface area contributed by atoms with E-state index in [1.54, 1.807) is 0 Å². The van der Waals surface area contributed by atoms with Crippen LogP contribution in [0.3, 0.4) is 0 Å². The van der Waals surface area contributed by atoms with E-state index in [4.69, 9.17) is 4.74 Å². The number of aryl methyl sites for hydroxylation is 1. The molecule has 19 heavy (non-hydrogen) atoms. The van der Waals surface area contributed by atoms with Crippen LogP contribution in [0, 0.1) is 6.92 Å². The van der Waals surface area contributed by atoms with Crippen molar-refractivity contribution in [2.75, 3.05) is 18.9 Å². The smallest absolute Gasteiger partial charge is 0.224 e. The van der Waals surface area contributed by atoms with E-state index in [-0.39, 0.29) is 12.0 Å². The van der Waals surface area contributed by atoms with Crippen LogP contribution in [-0.2, 0) is 4.79 Å². The summed E-state index contributed by atoms with van der Waals surface area (Å²) in [6.07, 6.45) is 1.53. The van der Waals surface area contributed by atoms with Crippen molar-refractivity contribution < 1.29 is 9.53 Å². The van der Waals surface area contributed by atoms with Gasteiger partial charge in [0, 0.05) is 12.1 Å². The summed E-state index contributed by atoms with van der Waals surface area (Å²) < 4.78 is 5.66. The van der Waals surface area contributed by atoms with E-state index < -0.39 is 0 Å². The first-order valence-electron chi connectivity index (χ1n) is 6.74. The average Bonchev–Trinajstić information content (AvgIpc) is 2.32. The number of benzene rings is 1. The third-order valence-electron chi connectivity index (χ3n) is 2.65. The monoisotopic (exact) mass is 264 g/mol. The molecular formula is C15H24N2O2. The van der Waals surface area contributed by atoms with Crippen LogP contribution in [0.15, 0.2) is 18.2 Å². The summed E-state index contributed by atoms with van der Waals surface area (Å²) in [5.74, 6) is 0.912. The Kier molecular flexibility index (Phi) is 6.36. The van der Waals surface area contributed by atoms with Gasteiger partial charge in [0.15, 0.2) is 0 Å². The SMILES string of the molecule is CNCCCC(=O)Nc1ccc(OC(C)C)c(C)c1. The summed E-state index contributed by atoms with van der Waals surface area (Å²) in [4.78, 5) is 11.7. The lowest BCUT2D eigenvalue weighted by atomic mass is 10.2. The van der Waals surface area contributed by atoms with Gasteiger partial charge in [-0.25, -0.2) is 0 Å². The van der Waals surface area contributed by atoms with Gasteiger partial charge in [0.1, 0.15) is 5.75 Å². The van der Waals surface area contributed by atoms with Gasteiger partial charge in [-0.15, -0.1) is 0 Å². The molecule has 1 amide bonds. The van der Waals surface area contributed by atoms with Crippen LogP contribution in [0.25, 0.3) is 0 Å². The highest BCUT2D eigenvalue weighted by atomic mass is 16.5. The van der Waals surface area contributed by atoms with Gasteiger partial charge in [0.05, 0.1) is 6.10 Å². The first kappa shape index (κ1) is 15.5. The maximum absolute atomic E-state index is 11.7. The van der Waals surface area contributed by atoms with E-state index in [9.17, 15) is 4.79 Å². The van der Waals surface area contributed by atoms with Gasteiger partial charge in [-0.3, -0.25) is 4.79 Å². The van der Waals surface area contributed by atoms with E-state index in [1.807, 2.05) is 46.0 Å². The van der Waals surface area contributed by atoms with Crippen LogP contribution in [0.1, 0.15) is 32.3 Å². The van der Waals surface area contributed by atoms with Gasteiger partial charge >= 0.3 is 0 Å². The minimum absolute atomic E-state index is 0.0483. The van der Waals surface area contributed by atoms with Crippen LogP contribution in [-0.4, -0.2) is 25.6 Å². The van der Waals surface area contributed by atoms with Crippen molar-refractivity contribution in [3.8, 4) is 5.75 Å². The molecule has 0 spiro atoms. The lowest BCUT2D eigenvalue weighted by molar-refractivity contribution is -0.116. The standard InChI is InChI=1S/C15H24N2O2/c1-11(2)19-14-8-7-13(10-12(14)3)17-15(18)6-5-9-16-4/h7-8,10-11,16H,5-6,9H2,1-4H3,(H,17,18). The third-order valence-corrected chi connectivity index (χ3v) is 2.65. The molecule has 0 saturated heterocycles. The molecule has 0 unspecified atom stereocenters. The normalized spacial score (nSPS) is 10.6. The minimum atomic E-state index is 0.0483. The number of amides is 1. The highest BCUT2D eigenvalue weighted by Gasteiger charge is 2.06. The quantitative estimate of drug-likeness (QED) is 0.744. The van der Waals surface area contributed by atoms with Crippen molar-refractivity contribution in [1.29, 1.82) is 0 Å². The summed E-state index contributed by atoms with van der Waals surface area (Å²) in [5.41, 5.74) is 1.85. The number of carbonyl (C=O) groups is 1. The van der Waals surface area contributed by atoms with Gasteiger partial charge in [-0.1, -0.05) is 0 Å². The molecule has 2 N–H and O–H groups in total. The molecular weight excluding hydrogens is 240 g/mol. The Hall–Kier alpha value is -1.55. The molecule has 1 rings (SSSR count). The van der Waals surface area contributed by atoms with Crippen molar-refractivity contribution in [2.24, 2.45) is 0 Å². The molecule has 1 aromatic rings. The van der Waals surface area contributed by atoms with Crippen molar-refractivity contribution in [1.82, 2.24) is 5.32 Å². The van der Waals surface area contributed by atoms with Crippen molar-refractivity contribution >= 4 is 11.6 Å². The van der Waals surface area contributed by atoms with E-state index >= 15 is 0 Å². The largest absolute Gasteiger partial charge is 0.491 e. The molecule has 0 heterocycles. The van der Waals surface area contributed by atoms with Crippen LogP contribution >= 0.6 is 0 Å². The molecule has 4 heteroatoms. The molecule has 0 saturated carbocycles. The number of hydrogen-bond donors (Lipinski definition) is 2. The molecule has 0 aliphatic carbocycles. The zero-order valence-electron chi connectivity index (χ0n) is 12.2. The molecule has 0 aliphatic heterocycles. The average molecular weight is 264 g/mol. The second-order valence-electron chi connectivity index (χ2n) is 4.90. The summed E-state index contributed by atoms with van der Waals surface area (Å²) in [7, 11) is 1.88. The van der Waals surface area contributed by atoms with Crippen LogP contribution < -0.4 is 15.4 Å². The van der Waals surface area contributed by atoms with E-state index in [1.165, 1.54) is 0 Å². The zero-order valence-corrected chi connectivity index (χ0v) is 12.2. The fraction of sp³-hybridized carbons (Fsp3) is 0.533. The van der Waals surface area contributed by atoms with Gasteiger partial charge in [-0.05, 0) is 64.5 Å². The van der Waals surface area contributed by atoms with E-state index in [0.717, 1.165) is 30.0 Å². The predicted molar refractivity (Wildman–Crippen MR) is 78.7 cm³/mol. The van der Waals surface area contributed by atoms with Gasteiger partial charge in [0.25, 0.3) is 0 Å². The van der Waals surface area contributed by atoms with E-state index in [2.05, 4.69) is 10.6 Å². The lowest BCUT2D eigenvalue weighted by Gasteiger charge is -2.13. The topological polar surface area (TPSA) is 50.4 Å². The molecule has 0 fully saturated rings. The Balaban J connectivity index is 2.55. The zero-order chi connectivity index (χ0) is 14.3. The Morgan fingerprint density at radius 1 is 1.37 bits per heavy atom. The Labute approximate surface area is 115 Å². The van der Waals surface area contributed by atoms with Crippen molar-refractivity contribution in [3.63, 3.8) is 0 Å². The van der Waals surface area contributed by atoms with Gasteiger partial charge in [-0.2, -0.15) is 0 Å². The molecule has 0 radical (unpaired) electrons. The molecule has 0 aromatic heterocycles. The Bertz CT molecular complexity index is 417. The van der Waals surface area contributed by atoms with Crippen molar-refractivity contribution in [2.45, 2.75) is 39.7 Å². The summed E-state index contributed by atoms with van der Waals surface area (Å²) in [5, 5.41) is 5.93. The molecule has 1 aromatic carbocycles. The lowest BCUT2D eigenvalue weighted by Crippen LogP contribution is -2.15. The number of anilines is 1. The first-order valence-corrected chi connectivity index (χ1v) is 6.74. The molecule has 0 atom stereocenters. The third kappa shape index (κ3) is 5.75. The number of ether oxygens (including phenoxy) is 1. The second kappa shape index (κ2) is 7.79. The summed E-state index contributed by atoms with van der Waals surface area (Å²) >= 11 is 0. The predicted octanol–water partition coefficient (Wildman–Crippen LogP) is 2.72. The summed E-state index contributed by atoms with van der Waals surface area (Å²) in [6, 6.07) is 5.72. The molecule has 0 aliphatic rings. The minimum Gasteiger partial charge on any atom is -0.491 e. The Morgan fingerprint density at radius 3 is 2.68 bits per heavy atom. The maximum atomic E-state index is 11.7. The second-order valence-corrected chi connectivity index (χ2v) is 4.90. The number of hydrogen-bond acceptors (Lipinski definition) is 3. The van der Waals surface area contributed by atoms with Crippen LogP contribution in [0.2, 0.25) is 0 Å². The highest BCUT2D eigenvalue weighted by Crippen LogP contribution is 2.23. The molecule has 106 valence electrons. The number of rotatable bonds is 7. The van der Waals surface area contributed by atoms with Crippen LogP contribution in [0.4, 0.5) is 5.69 Å². The first-order chi connectivity index (χ1) is 9.02. The fourth-order valence-corrected chi connectivity index (χ4v) is 1.76. The molecule has 0 bridgehead atoms. The fourth-order valence-electron chi connectivity index (χ4n) is 1.76. The number of carbonyl (C=O) groups excluding carboxylic acids is 1. The van der Waals surface area contributed by atoms with Crippen molar-refractivity contribution in [3.05, 3.63) is 23.8 Å². The van der Waals surface area contributed by atoms with Gasteiger partial charge in [0.2, 0.25) is 5.91 Å². The Morgan fingerprint density at radius 2 is 2.11 bits per heavy atom. The molecule has 4 nitrogen and oxygen atoms in total. The van der Waals surface area contributed by atoms with E-state index in [0.29, 0.717) is 6.42 Å². The van der Waals surface area contributed by atoms with Gasteiger partial charge < -0.3 is 15.4 Å². The summed E-state index contributed by atoms with van der Waals surface area (Å²) in [6.45, 7) is 6.83. The number of nitrogens with one attached hydrogen (secondary N) is 2.